The number of nitrogens with zero attached hydrogens (tertiary/aromatic N) is 11. The molecule has 0 aliphatic rings. The Morgan fingerprint density at radius 1 is 0.320 bits per heavy atom. The van der Waals surface area contributed by atoms with Gasteiger partial charge in [-0.15, -0.1) is 0 Å². The predicted molar refractivity (Wildman–Crippen MR) is 286 cm³/mol. The van der Waals surface area contributed by atoms with Crippen LogP contribution in [0.25, 0.3) is 118 Å². The number of aryl methyl sites for hydroxylation is 4. The second-order valence-electron chi connectivity index (χ2n) is 18.1. The van der Waals surface area contributed by atoms with E-state index in [0.29, 0.717) is 91.3 Å². The molecule has 75 heavy (non-hydrogen) atoms. The number of rotatable bonds is 9. The van der Waals surface area contributed by atoms with E-state index >= 15 is 13.2 Å². The van der Waals surface area contributed by atoms with Gasteiger partial charge in [0.2, 0.25) is 0 Å². The molecule has 0 saturated heterocycles. The van der Waals surface area contributed by atoms with Crippen molar-refractivity contribution in [1.29, 1.82) is 0 Å². The highest BCUT2D eigenvalue weighted by atomic mass is 19.4. The Hall–Kier alpha value is -9.69. The lowest BCUT2D eigenvalue weighted by molar-refractivity contribution is -0.137. The molecule has 14 heteroatoms. The van der Waals surface area contributed by atoms with Gasteiger partial charge in [0, 0.05) is 55.3 Å². The van der Waals surface area contributed by atoms with Crippen molar-refractivity contribution in [2.24, 2.45) is 0 Å². The summed E-state index contributed by atoms with van der Waals surface area (Å²) in [5.74, 6) is 3.39. The number of halogens is 3. The molecule has 0 saturated carbocycles. The summed E-state index contributed by atoms with van der Waals surface area (Å²) < 4.78 is 50.1. The maximum Gasteiger partial charge on any atom is 0.416 e. The van der Waals surface area contributed by atoms with Gasteiger partial charge in [0.1, 0.15) is 23.3 Å². The number of aromatic nitrogens is 11. The van der Waals surface area contributed by atoms with E-state index < -0.39 is 11.7 Å². The highest BCUT2D eigenvalue weighted by Gasteiger charge is 2.35. The third-order valence-corrected chi connectivity index (χ3v) is 12.9. The SMILES string of the molecule is Cc1nc(C)nc(-c2ccc3c4ccc(-c5nc(C)nc(C)n5)cc4n(-c4c(-c5cc(-c6ccccc6)nc(-c6ccccc6)n5)cc(C(F)(F)F)cc4-c4nc(-c5ccccc5)cc(-c5ccccc5)n4)c3c2)n1. The molecule has 0 N–H and O–H groups in total. The van der Waals surface area contributed by atoms with E-state index in [1.54, 1.807) is 6.07 Å². The minimum atomic E-state index is -4.84. The van der Waals surface area contributed by atoms with Crippen LogP contribution in [0.4, 0.5) is 13.2 Å². The summed E-state index contributed by atoms with van der Waals surface area (Å²) in [4.78, 5) is 48.5. The fraction of sp³-hybridized carbons (Fsp3) is 0.0820. The summed E-state index contributed by atoms with van der Waals surface area (Å²) >= 11 is 0. The highest BCUT2D eigenvalue weighted by molar-refractivity contribution is 6.12. The summed E-state index contributed by atoms with van der Waals surface area (Å²) in [6.45, 7) is 7.23. The van der Waals surface area contributed by atoms with Crippen LogP contribution in [-0.4, -0.2) is 54.4 Å². The van der Waals surface area contributed by atoms with Crippen molar-refractivity contribution < 1.29 is 13.2 Å². The van der Waals surface area contributed by atoms with Crippen LogP contribution in [0.1, 0.15) is 28.9 Å². The van der Waals surface area contributed by atoms with Crippen molar-refractivity contribution in [3.8, 4) is 96.3 Å². The molecule has 11 nitrogen and oxygen atoms in total. The Morgan fingerprint density at radius 3 is 1.11 bits per heavy atom. The fourth-order valence-electron chi connectivity index (χ4n) is 9.57. The quantitative estimate of drug-likeness (QED) is 0.138. The Labute approximate surface area is 428 Å². The average molecular weight is 986 g/mol. The summed E-state index contributed by atoms with van der Waals surface area (Å²) in [7, 11) is 0. The third-order valence-electron chi connectivity index (χ3n) is 12.9. The lowest BCUT2D eigenvalue weighted by Gasteiger charge is -2.22. The first kappa shape index (κ1) is 46.4. The van der Waals surface area contributed by atoms with Crippen molar-refractivity contribution in [1.82, 2.24) is 54.4 Å². The molecule has 5 heterocycles. The first-order valence-electron chi connectivity index (χ1n) is 24.1. The zero-order valence-corrected chi connectivity index (χ0v) is 40.9. The van der Waals surface area contributed by atoms with Gasteiger partial charge in [0.15, 0.2) is 23.3 Å². The molecule has 362 valence electrons. The summed E-state index contributed by atoms with van der Waals surface area (Å²) in [6, 6.07) is 55.7. The maximum absolute atomic E-state index is 16.0. The van der Waals surface area contributed by atoms with Crippen molar-refractivity contribution in [3.05, 3.63) is 211 Å². The standard InChI is InChI=1S/C61H42F3N11/c1-35-65-36(2)68-58(67-35)43-25-27-46-47-28-26-44(59-69-37(3)66-38(4)70-59)30-55(47)75(54(46)29-43)56-48(53-34-52(41-21-13-7-14-22-41)71-57(74-53)42-23-15-8-16-24-42)31-45(61(62,63)64)32-49(56)60-72-50(39-17-9-5-10-18-39)33-51(73-60)40-19-11-6-12-20-40/h5-34H,1-4H3. The molecule has 5 aromatic heterocycles. The third kappa shape index (κ3) is 9.03. The molecule has 0 aliphatic carbocycles. The van der Waals surface area contributed by atoms with E-state index in [-0.39, 0.29) is 22.6 Å². The molecule has 0 bridgehead atoms. The van der Waals surface area contributed by atoms with Crippen molar-refractivity contribution in [2.75, 3.05) is 0 Å². The maximum atomic E-state index is 16.0. The van der Waals surface area contributed by atoms with Crippen molar-refractivity contribution >= 4 is 21.8 Å². The molecule has 7 aromatic carbocycles. The van der Waals surface area contributed by atoms with E-state index in [1.807, 2.05) is 196 Å². The smallest absolute Gasteiger partial charge is 0.308 e. The zero-order chi connectivity index (χ0) is 51.4. The van der Waals surface area contributed by atoms with Gasteiger partial charge in [0.05, 0.1) is 45.1 Å². The van der Waals surface area contributed by atoms with Gasteiger partial charge in [-0.05, 0) is 64.1 Å². The lowest BCUT2D eigenvalue weighted by Crippen LogP contribution is -2.11. The largest absolute Gasteiger partial charge is 0.416 e. The Balaban J connectivity index is 1.28. The van der Waals surface area contributed by atoms with E-state index in [1.165, 1.54) is 6.07 Å². The van der Waals surface area contributed by atoms with Crippen molar-refractivity contribution in [2.45, 2.75) is 33.9 Å². The molecule has 0 fully saturated rings. The van der Waals surface area contributed by atoms with Gasteiger partial charge < -0.3 is 4.57 Å². The molecule has 0 spiro atoms. The van der Waals surface area contributed by atoms with Gasteiger partial charge >= 0.3 is 6.18 Å². The van der Waals surface area contributed by atoms with Crippen LogP contribution in [0.15, 0.2) is 182 Å². The molecular weight excluding hydrogens is 944 g/mol. The fourth-order valence-corrected chi connectivity index (χ4v) is 9.57. The molecule has 0 unspecified atom stereocenters. The number of hydrogen-bond acceptors (Lipinski definition) is 10. The molecule has 12 rings (SSSR count). The molecule has 0 radical (unpaired) electrons. The molecule has 0 aliphatic heterocycles. The number of hydrogen-bond donors (Lipinski definition) is 0. The zero-order valence-electron chi connectivity index (χ0n) is 40.9. The van der Waals surface area contributed by atoms with Crippen LogP contribution < -0.4 is 0 Å². The van der Waals surface area contributed by atoms with E-state index in [2.05, 4.69) is 9.97 Å². The lowest BCUT2D eigenvalue weighted by atomic mass is 9.96. The van der Waals surface area contributed by atoms with Crippen LogP contribution >= 0.6 is 0 Å². The van der Waals surface area contributed by atoms with Gasteiger partial charge in [-0.3, -0.25) is 0 Å². The number of benzene rings is 7. The molecule has 0 amide bonds. The molecular formula is C61H42F3N11. The summed E-state index contributed by atoms with van der Waals surface area (Å²) in [5, 5.41) is 1.59. The van der Waals surface area contributed by atoms with Gasteiger partial charge in [-0.25, -0.2) is 49.8 Å². The average Bonchev–Trinajstić information content (AvgIpc) is 3.77. The van der Waals surface area contributed by atoms with Gasteiger partial charge in [0.25, 0.3) is 0 Å². The number of fused-ring (bicyclic) bond motifs is 3. The van der Waals surface area contributed by atoms with Crippen LogP contribution in [0, 0.1) is 27.7 Å². The first-order chi connectivity index (χ1) is 36.4. The Bertz CT molecular complexity index is 3740. The molecule has 0 atom stereocenters. The van der Waals surface area contributed by atoms with Crippen LogP contribution in [-0.2, 0) is 6.18 Å². The highest BCUT2D eigenvalue weighted by Crippen LogP contribution is 2.46. The number of alkyl halides is 3. The minimum absolute atomic E-state index is 0.0490. The predicted octanol–water partition coefficient (Wildman–Crippen LogP) is 14.3. The first-order valence-corrected chi connectivity index (χ1v) is 24.1. The topological polar surface area (TPSA) is 134 Å². The molecule has 12 aromatic rings. The Morgan fingerprint density at radius 2 is 0.680 bits per heavy atom. The minimum Gasteiger partial charge on any atom is -0.308 e. The van der Waals surface area contributed by atoms with Crippen LogP contribution in [0.2, 0.25) is 0 Å². The Kier molecular flexibility index (Phi) is 11.6. The van der Waals surface area contributed by atoms with Crippen LogP contribution in [0.5, 0.6) is 0 Å². The van der Waals surface area contributed by atoms with E-state index in [0.717, 1.165) is 33.5 Å². The van der Waals surface area contributed by atoms with Crippen molar-refractivity contribution in [3.63, 3.8) is 0 Å². The second-order valence-corrected chi connectivity index (χ2v) is 18.1. The van der Waals surface area contributed by atoms with Crippen LogP contribution in [0.3, 0.4) is 0 Å². The second kappa shape index (κ2) is 18.7. The van der Waals surface area contributed by atoms with Gasteiger partial charge in [-0.1, -0.05) is 146 Å². The normalized spacial score (nSPS) is 11.7. The monoisotopic (exact) mass is 985 g/mol. The summed E-state index contributed by atoms with van der Waals surface area (Å²) in [6.07, 6.45) is -4.84. The van der Waals surface area contributed by atoms with E-state index in [4.69, 9.17) is 39.9 Å². The summed E-state index contributed by atoms with van der Waals surface area (Å²) in [5.41, 5.74) is 6.87. The van der Waals surface area contributed by atoms with Gasteiger partial charge in [-0.2, -0.15) is 13.2 Å². The van der Waals surface area contributed by atoms with E-state index in [9.17, 15) is 0 Å².